The van der Waals surface area contributed by atoms with Gasteiger partial charge >= 0.3 is 0 Å². The molecule has 0 bridgehead atoms. The maximum atomic E-state index is 11.3. The molecule has 7 nitrogen and oxygen atoms in total. The largest absolute Gasteiger partial charge is 0.384 e. The molecule has 0 fully saturated rings. The second kappa shape index (κ2) is 6.79. The van der Waals surface area contributed by atoms with Crippen molar-refractivity contribution in [2.75, 3.05) is 20.3 Å². The van der Waals surface area contributed by atoms with Gasteiger partial charge in [0, 0.05) is 32.5 Å². The van der Waals surface area contributed by atoms with Gasteiger partial charge < -0.3 is 10.1 Å². The van der Waals surface area contributed by atoms with E-state index in [-0.39, 0.29) is 5.91 Å². The van der Waals surface area contributed by atoms with E-state index in [2.05, 4.69) is 20.4 Å². The Morgan fingerprint density at radius 3 is 3.21 bits per heavy atom. The molecule has 2 heterocycles. The quantitative estimate of drug-likeness (QED) is 0.722. The molecule has 0 radical (unpaired) electrons. The van der Waals surface area contributed by atoms with Crippen LogP contribution in [-0.2, 0) is 16.0 Å². The van der Waals surface area contributed by atoms with Crippen molar-refractivity contribution in [3.8, 4) is 0 Å². The Balaban J connectivity index is 1.72. The third kappa shape index (κ3) is 3.99. The Hall–Kier alpha value is -2.02. The summed E-state index contributed by atoms with van der Waals surface area (Å²) in [5, 5.41) is 6.87. The number of aryl methyl sites for hydroxylation is 1. The van der Waals surface area contributed by atoms with Crippen molar-refractivity contribution in [1.29, 1.82) is 0 Å². The lowest BCUT2D eigenvalue weighted by Gasteiger charge is -2.05. The summed E-state index contributed by atoms with van der Waals surface area (Å²) in [7, 11) is 1.58. The Morgan fingerprint density at radius 1 is 1.47 bits per heavy atom. The topological polar surface area (TPSA) is 81.4 Å². The van der Waals surface area contributed by atoms with E-state index in [1.807, 2.05) is 6.20 Å². The van der Waals surface area contributed by atoms with Gasteiger partial charge in [0.2, 0.25) is 5.91 Å². The van der Waals surface area contributed by atoms with Crippen molar-refractivity contribution >= 4 is 11.7 Å². The van der Waals surface area contributed by atoms with Crippen LogP contribution in [0.5, 0.6) is 0 Å². The Kier molecular flexibility index (Phi) is 4.79. The zero-order valence-electron chi connectivity index (χ0n) is 10.9. The molecule has 0 unspecified atom stereocenters. The van der Waals surface area contributed by atoms with E-state index in [1.165, 1.54) is 6.33 Å². The van der Waals surface area contributed by atoms with Crippen LogP contribution in [0.4, 0.5) is 0 Å². The molecule has 0 aromatic carbocycles. The van der Waals surface area contributed by atoms with Gasteiger partial charge in [0.1, 0.15) is 6.33 Å². The lowest BCUT2D eigenvalue weighted by Crippen LogP contribution is -2.25. The summed E-state index contributed by atoms with van der Waals surface area (Å²) in [4.78, 5) is 19.5. The predicted molar refractivity (Wildman–Crippen MR) is 68.6 cm³/mol. The molecular weight excluding hydrogens is 246 g/mol. The summed E-state index contributed by atoms with van der Waals surface area (Å²) in [6.07, 6.45) is 7.28. The van der Waals surface area contributed by atoms with E-state index in [0.717, 1.165) is 18.4 Å². The van der Waals surface area contributed by atoms with E-state index in [0.29, 0.717) is 25.4 Å². The minimum absolute atomic E-state index is 0.0201. The number of nitrogens with zero attached hydrogens (tertiary/aromatic N) is 4. The lowest BCUT2D eigenvalue weighted by atomic mass is 10.2. The Morgan fingerprint density at radius 2 is 2.37 bits per heavy atom. The van der Waals surface area contributed by atoms with Gasteiger partial charge in [-0.15, -0.1) is 0 Å². The second-order valence-electron chi connectivity index (χ2n) is 4.16. The first kappa shape index (κ1) is 13.4. The van der Waals surface area contributed by atoms with Gasteiger partial charge in [0.25, 0.3) is 5.78 Å². The first-order valence-electron chi connectivity index (χ1n) is 6.19. The van der Waals surface area contributed by atoms with Gasteiger partial charge in [-0.2, -0.15) is 10.1 Å². The lowest BCUT2D eigenvalue weighted by molar-refractivity contribution is -0.121. The van der Waals surface area contributed by atoms with Crippen LogP contribution in [0.15, 0.2) is 18.7 Å². The monoisotopic (exact) mass is 263 g/mol. The van der Waals surface area contributed by atoms with Gasteiger partial charge in [-0.3, -0.25) is 4.79 Å². The third-order valence-electron chi connectivity index (χ3n) is 2.69. The summed E-state index contributed by atoms with van der Waals surface area (Å²) in [5.74, 6) is 0.614. The molecule has 0 saturated heterocycles. The van der Waals surface area contributed by atoms with Crippen molar-refractivity contribution in [3.63, 3.8) is 0 Å². The average Bonchev–Trinajstić information content (AvgIpc) is 2.88. The number of methoxy groups -OCH3 is 1. The first-order chi connectivity index (χ1) is 9.29. The summed E-state index contributed by atoms with van der Waals surface area (Å²) >= 11 is 0. The van der Waals surface area contributed by atoms with Crippen LogP contribution >= 0.6 is 0 Å². The van der Waals surface area contributed by atoms with Crippen LogP contribution in [0.25, 0.3) is 5.78 Å². The van der Waals surface area contributed by atoms with Crippen LogP contribution in [0.3, 0.4) is 0 Å². The molecule has 0 aliphatic rings. The summed E-state index contributed by atoms with van der Waals surface area (Å²) in [5.41, 5.74) is 1.07. The fraction of sp³-hybridized carbons (Fsp3) is 0.500. The van der Waals surface area contributed by atoms with Crippen LogP contribution < -0.4 is 5.32 Å². The van der Waals surface area contributed by atoms with E-state index >= 15 is 0 Å². The number of rotatable bonds is 7. The number of ether oxygens (including phenoxy) is 1. The van der Waals surface area contributed by atoms with Crippen molar-refractivity contribution in [1.82, 2.24) is 24.9 Å². The molecule has 0 saturated carbocycles. The highest BCUT2D eigenvalue weighted by atomic mass is 16.5. The maximum Gasteiger partial charge on any atom is 0.252 e. The standard InChI is InChI=1S/C12H17N5O2/c1-19-6-4-11(18)13-5-2-3-10-7-14-12-15-9-16-17(12)8-10/h7-9H,2-6H2,1H3,(H,13,18). The Labute approximate surface area is 111 Å². The highest BCUT2D eigenvalue weighted by molar-refractivity contribution is 5.75. The van der Waals surface area contributed by atoms with Crippen molar-refractivity contribution < 1.29 is 9.53 Å². The van der Waals surface area contributed by atoms with Gasteiger partial charge in [-0.1, -0.05) is 0 Å². The normalized spacial score (nSPS) is 10.8. The summed E-state index contributed by atoms with van der Waals surface area (Å²) < 4.78 is 6.48. The number of carbonyl (C=O) groups is 1. The predicted octanol–water partition coefficient (Wildman–Crippen LogP) is 0.210. The molecule has 102 valence electrons. The van der Waals surface area contributed by atoms with E-state index in [4.69, 9.17) is 4.74 Å². The Bertz CT molecular complexity index is 540. The van der Waals surface area contributed by atoms with E-state index in [9.17, 15) is 4.79 Å². The second-order valence-corrected chi connectivity index (χ2v) is 4.16. The molecule has 1 N–H and O–H groups in total. The summed E-state index contributed by atoms with van der Waals surface area (Å²) in [6, 6.07) is 0. The van der Waals surface area contributed by atoms with Gasteiger partial charge in [0.05, 0.1) is 6.61 Å². The average molecular weight is 263 g/mol. The highest BCUT2D eigenvalue weighted by Gasteiger charge is 2.01. The molecule has 2 aromatic heterocycles. The molecule has 7 heteroatoms. The molecule has 0 spiro atoms. The molecule has 0 aliphatic carbocycles. The number of carbonyl (C=O) groups excluding carboxylic acids is 1. The van der Waals surface area contributed by atoms with Crippen molar-refractivity contribution in [3.05, 3.63) is 24.3 Å². The van der Waals surface area contributed by atoms with Gasteiger partial charge in [-0.05, 0) is 18.4 Å². The fourth-order valence-electron chi connectivity index (χ4n) is 1.69. The number of hydrogen-bond donors (Lipinski definition) is 1. The number of fused-ring (bicyclic) bond motifs is 1. The molecule has 0 atom stereocenters. The smallest absolute Gasteiger partial charge is 0.252 e. The summed E-state index contributed by atoms with van der Waals surface area (Å²) in [6.45, 7) is 1.11. The molecule has 0 aliphatic heterocycles. The van der Waals surface area contributed by atoms with E-state index in [1.54, 1.807) is 17.8 Å². The molecular formula is C12H17N5O2. The van der Waals surface area contributed by atoms with E-state index < -0.39 is 0 Å². The number of nitrogens with one attached hydrogen (secondary N) is 1. The zero-order chi connectivity index (χ0) is 13.5. The molecule has 2 aromatic rings. The van der Waals surface area contributed by atoms with Gasteiger partial charge in [-0.25, -0.2) is 9.50 Å². The number of amides is 1. The zero-order valence-corrected chi connectivity index (χ0v) is 10.9. The van der Waals surface area contributed by atoms with Crippen LogP contribution in [0.1, 0.15) is 18.4 Å². The SMILES string of the molecule is COCCC(=O)NCCCc1cnc2ncnn2c1. The minimum Gasteiger partial charge on any atom is -0.384 e. The third-order valence-corrected chi connectivity index (χ3v) is 2.69. The fourth-order valence-corrected chi connectivity index (χ4v) is 1.69. The van der Waals surface area contributed by atoms with Crippen LogP contribution in [0, 0.1) is 0 Å². The first-order valence-corrected chi connectivity index (χ1v) is 6.19. The number of hydrogen-bond acceptors (Lipinski definition) is 5. The van der Waals surface area contributed by atoms with Crippen LogP contribution in [0.2, 0.25) is 0 Å². The van der Waals surface area contributed by atoms with Gasteiger partial charge in [0.15, 0.2) is 0 Å². The maximum absolute atomic E-state index is 11.3. The molecule has 19 heavy (non-hydrogen) atoms. The molecule has 1 amide bonds. The molecule has 2 rings (SSSR count). The van der Waals surface area contributed by atoms with Crippen molar-refractivity contribution in [2.45, 2.75) is 19.3 Å². The highest BCUT2D eigenvalue weighted by Crippen LogP contribution is 2.02. The van der Waals surface area contributed by atoms with Crippen LogP contribution in [-0.4, -0.2) is 45.8 Å². The number of aromatic nitrogens is 4. The van der Waals surface area contributed by atoms with Crippen molar-refractivity contribution in [2.24, 2.45) is 0 Å². The minimum atomic E-state index is 0.0201.